The summed E-state index contributed by atoms with van der Waals surface area (Å²) < 4.78 is 48.1. The van der Waals surface area contributed by atoms with Gasteiger partial charge in [-0.15, -0.1) is 0 Å². The van der Waals surface area contributed by atoms with Gasteiger partial charge < -0.3 is 9.47 Å². The minimum absolute atomic E-state index is 0.348. The molecule has 1 aromatic rings. The molecule has 1 aliphatic heterocycles. The Labute approximate surface area is 118 Å². The first-order valence-electron chi connectivity index (χ1n) is 5.83. The van der Waals surface area contributed by atoms with Gasteiger partial charge in [-0.1, -0.05) is 28.1 Å². The molecule has 19 heavy (non-hydrogen) atoms. The summed E-state index contributed by atoms with van der Waals surface area (Å²) in [4.78, 5) is -1.69. The van der Waals surface area contributed by atoms with Crippen molar-refractivity contribution in [1.82, 2.24) is 0 Å². The van der Waals surface area contributed by atoms with Gasteiger partial charge in [0, 0.05) is 12.0 Å². The number of benzene rings is 1. The minimum Gasteiger partial charge on any atom is -0.488 e. The van der Waals surface area contributed by atoms with Gasteiger partial charge in [-0.25, -0.2) is 0 Å². The third-order valence-electron chi connectivity index (χ3n) is 2.80. The second-order valence-electron chi connectivity index (χ2n) is 5.10. The lowest BCUT2D eigenvalue weighted by atomic mass is 10.0. The molecule has 0 aliphatic carbocycles. The van der Waals surface area contributed by atoms with E-state index in [1.807, 2.05) is 19.9 Å². The van der Waals surface area contributed by atoms with Crippen LogP contribution in [0.5, 0.6) is 11.5 Å². The highest BCUT2D eigenvalue weighted by molar-refractivity contribution is 9.09. The fraction of sp³-hybridized carbons (Fsp3) is 0.538. The monoisotopic (exact) mass is 338 g/mol. The van der Waals surface area contributed by atoms with Gasteiger partial charge in [-0.2, -0.15) is 13.2 Å². The number of fused-ring (bicyclic) bond motifs is 1. The molecule has 2 nitrogen and oxygen atoms in total. The average Bonchev–Trinajstić information content (AvgIpc) is 2.58. The fourth-order valence-corrected chi connectivity index (χ4v) is 2.09. The highest BCUT2D eigenvalue weighted by Crippen LogP contribution is 2.42. The van der Waals surface area contributed by atoms with Crippen molar-refractivity contribution >= 4 is 15.9 Å². The summed E-state index contributed by atoms with van der Waals surface area (Å²) in [5.74, 6) is 0.908. The van der Waals surface area contributed by atoms with Crippen molar-refractivity contribution in [3.05, 3.63) is 23.8 Å². The molecular formula is C13H14BrF3O2. The molecule has 0 radical (unpaired) electrons. The van der Waals surface area contributed by atoms with Crippen molar-refractivity contribution in [3.63, 3.8) is 0 Å². The normalized spacial score (nSPS) is 18.6. The van der Waals surface area contributed by atoms with E-state index in [1.165, 1.54) is 0 Å². The van der Waals surface area contributed by atoms with Crippen LogP contribution in [0.15, 0.2) is 18.2 Å². The fourth-order valence-electron chi connectivity index (χ4n) is 1.96. The van der Waals surface area contributed by atoms with Crippen molar-refractivity contribution in [1.29, 1.82) is 0 Å². The van der Waals surface area contributed by atoms with Gasteiger partial charge in [0.1, 0.15) is 17.0 Å². The molecule has 0 spiro atoms. The summed E-state index contributed by atoms with van der Waals surface area (Å²) in [5, 5.41) is 0. The zero-order valence-corrected chi connectivity index (χ0v) is 12.1. The molecule has 0 bridgehead atoms. The molecule has 1 heterocycles. The first-order valence-corrected chi connectivity index (χ1v) is 6.75. The van der Waals surface area contributed by atoms with E-state index in [1.54, 1.807) is 12.1 Å². The third-order valence-corrected chi connectivity index (χ3v) is 3.58. The van der Waals surface area contributed by atoms with Crippen LogP contribution in [0, 0.1) is 0 Å². The van der Waals surface area contributed by atoms with Crippen LogP contribution < -0.4 is 9.47 Å². The standard InChI is InChI=1S/C13H14BrF3O2/c1-12(2)6-8-4-3-5-9(11(8)19-12)18-7-10(14)13(15,16)17/h3-5,10H,6-7H2,1-2H3. The highest BCUT2D eigenvalue weighted by Gasteiger charge is 2.39. The lowest BCUT2D eigenvalue weighted by Crippen LogP contribution is -2.29. The largest absolute Gasteiger partial charge is 0.488 e. The van der Waals surface area contributed by atoms with Gasteiger partial charge in [-0.05, 0) is 19.9 Å². The summed E-state index contributed by atoms with van der Waals surface area (Å²) in [7, 11) is 0. The molecule has 0 saturated carbocycles. The highest BCUT2D eigenvalue weighted by atomic mass is 79.9. The van der Waals surface area contributed by atoms with Crippen molar-refractivity contribution in [2.45, 2.75) is 36.9 Å². The Morgan fingerprint density at radius 2 is 2.11 bits per heavy atom. The molecule has 0 amide bonds. The van der Waals surface area contributed by atoms with Crippen LogP contribution in [0.3, 0.4) is 0 Å². The minimum atomic E-state index is -4.32. The number of halogens is 4. The topological polar surface area (TPSA) is 18.5 Å². The Bertz CT molecular complexity index is 471. The first kappa shape index (κ1) is 14.5. The van der Waals surface area contributed by atoms with E-state index in [-0.39, 0.29) is 5.60 Å². The third kappa shape index (κ3) is 3.35. The van der Waals surface area contributed by atoms with Gasteiger partial charge in [0.05, 0.1) is 0 Å². The Morgan fingerprint density at radius 3 is 2.74 bits per heavy atom. The summed E-state index contributed by atoms with van der Waals surface area (Å²) in [6.07, 6.45) is -3.60. The van der Waals surface area contributed by atoms with Crippen LogP contribution in [0.1, 0.15) is 19.4 Å². The molecule has 106 valence electrons. The molecule has 1 aromatic carbocycles. The van der Waals surface area contributed by atoms with Crippen molar-refractivity contribution in [2.24, 2.45) is 0 Å². The molecule has 2 rings (SSSR count). The number of alkyl halides is 4. The molecule has 6 heteroatoms. The van der Waals surface area contributed by atoms with Crippen LogP contribution in [-0.2, 0) is 6.42 Å². The number of ether oxygens (including phenoxy) is 2. The number of hydrogen-bond donors (Lipinski definition) is 0. The molecular weight excluding hydrogens is 325 g/mol. The Balaban J connectivity index is 2.10. The van der Waals surface area contributed by atoms with E-state index in [9.17, 15) is 13.2 Å². The maximum atomic E-state index is 12.4. The van der Waals surface area contributed by atoms with E-state index < -0.39 is 17.6 Å². The number of rotatable bonds is 3. The van der Waals surface area contributed by atoms with Crippen molar-refractivity contribution in [3.8, 4) is 11.5 Å². The predicted molar refractivity (Wildman–Crippen MR) is 69.1 cm³/mol. The summed E-state index contributed by atoms with van der Waals surface area (Å²) in [6, 6.07) is 5.28. The second kappa shape index (κ2) is 4.89. The average molecular weight is 339 g/mol. The van der Waals surface area contributed by atoms with Gasteiger partial charge in [-0.3, -0.25) is 0 Å². The molecule has 1 unspecified atom stereocenters. The Morgan fingerprint density at radius 1 is 1.42 bits per heavy atom. The smallest absolute Gasteiger partial charge is 0.404 e. The molecule has 0 saturated heterocycles. The maximum Gasteiger partial charge on any atom is 0.404 e. The van der Waals surface area contributed by atoms with E-state index in [2.05, 4.69) is 15.9 Å². The summed E-state index contributed by atoms with van der Waals surface area (Å²) >= 11 is 2.57. The Kier molecular flexibility index (Phi) is 3.73. The van der Waals surface area contributed by atoms with Gasteiger partial charge in [0.2, 0.25) is 0 Å². The van der Waals surface area contributed by atoms with Crippen LogP contribution in [0.25, 0.3) is 0 Å². The number of hydrogen-bond acceptors (Lipinski definition) is 2. The van der Waals surface area contributed by atoms with Gasteiger partial charge in [0.15, 0.2) is 11.5 Å². The zero-order valence-electron chi connectivity index (χ0n) is 10.6. The number of para-hydroxylation sites is 1. The van der Waals surface area contributed by atoms with Crippen molar-refractivity contribution < 1.29 is 22.6 Å². The molecule has 0 N–H and O–H groups in total. The van der Waals surface area contributed by atoms with E-state index in [0.717, 1.165) is 12.0 Å². The van der Waals surface area contributed by atoms with Gasteiger partial charge in [0.25, 0.3) is 0 Å². The molecule has 1 aliphatic rings. The summed E-state index contributed by atoms with van der Waals surface area (Å²) in [5.41, 5.74) is 0.611. The molecule has 1 atom stereocenters. The lowest BCUT2D eigenvalue weighted by Gasteiger charge is -2.19. The van der Waals surface area contributed by atoms with Crippen LogP contribution >= 0.6 is 15.9 Å². The maximum absolute atomic E-state index is 12.4. The molecule has 0 fully saturated rings. The van der Waals surface area contributed by atoms with E-state index >= 15 is 0 Å². The van der Waals surface area contributed by atoms with E-state index in [4.69, 9.17) is 9.47 Å². The predicted octanol–water partition coefficient (Wildman–Crippen LogP) is 4.10. The lowest BCUT2D eigenvalue weighted by molar-refractivity contribution is -0.132. The van der Waals surface area contributed by atoms with Gasteiger partial charge >= 0.3 is 6.18 Å². The quantitative estimate of drug-likeness (QED) is 0.772. The van der Waals surface area contributed by atoms with Crippen LogP contribution in [0.4, 0.5) is 13.2 Å². The summed E-state index contributed by atoms with van der Waals surface area (Å²) in [6.45, 7) is 3.38. The Hall–Kier alpha value is -0.910. The van der Waals surface area contributed by atoms with E-state index in [0.29, 0.717) is 11.5 Å². The SMILES string of the molecule is CC1(C)Cc2cccc(OCC(Br)C(F)(F)F)c2O1. The van der Waals surface area contributed by atoms with Crippen LogP contribution in [0.2, 0.25) is 0 Å². The zero-order chi connectivity index (χ0) is 14.3. The second-order valence-corrected chi connectivity index (χ2v) is 6.21. The van der Waals surface area contributed by atoms with Crippen molar-refractivity contribution in [2.75, 3.05) is 6.61 Å². The first-order chi connectivity index (χ1) is 8.69. The van der Waals surface area contributed by atoms with Crippen LogP contribution in [-0.4, -0.2) is 23.2 Å². The molecule has 0 aromatic heterocycles.